The highest BCUT2D eigenvalue weighted by Crippen LogP contribution is 2.28. The predicted octanol–water partition coefficient (Wildman–Crippen LogP) is 3.56. The lowest BCUT2D eigenvalue weighted by atomic mass is 9.99. The van der Waals surface area contributed by atoms with Crippen LogP contribution in [0.3, 0.4) is 0 Å². The van der Waals surface area contributed by atoms with Gasteiger partial charge in [0, 0.05) is 0 Å². The number of halogens is 2. The van der Waals surface area contributed by atoms with Gasteiger partial charge in [-0.3, -0.25) is 4.79 Å². The molecule has 0 amide bonds. The maximum absolute atomic E-state index is 14.5. The summed E-state index contributed by atoms with van der Waals surface area (Å²) >= 11 is 6.00. The number of piperidine rings is 1. The molecule has 0 bridgehead atoms. The summed E-state index contributed by atoms with van der Waals surface area (Å²) in [6, 6.07) is 10.4. The minimum atomic E-state index is -3.64. The third-order valence-electron chi connectivity index (χ3n) is 4.99. The molecule has 1 atom stereocenters. The fourth-order valence-electron chi connectivity index (χ4n) is 3.49. The van der Waals surface area contributed by atoms with Crippen LogP contribution in [-0.2, 0) is 10.0 Å². The topological polar surface area (TPSA) is 75.3 Å². The van der Waals surface area contributed by atoms with Crippen LogP contribution in [0.4, 0.5) is 4.39 Å². The molecule has 0 aromatic heterocycles. The summed E-state index contributed by atoms with van der Waals surface area (Å²) in [7, 11) is -3.64. The number of Topliss-reactive ketones (excluding diaryl/α,β-unsaturated/α-hetero) is 1. The molecule has 8 heteroatoms. The number of aryl methyl sites for hydroxylation is 1. The van der Waals surface area contributed by atoms with Crippen LogP contribution in [0.15, 0.2) is 36.4 Å². The van der Waals surface area contributed by atoms with E-state index in [-0.39, 0.29) is 22.3 Å². The smallest absolute Gasteiger partial charge is 0.212 e. The standard InChI is InChI=1S/C21H24ClFN2O3S/c1-14-4-2-6-16(8-14)17-9-18(21(23)19(22)10-17)20(26)12-25-29(27,28)13-15-5-3-7-24-11-15/h2,4,6,8-10,15,24-25H,3,5,7,11-13H2,1H3. The van der Waals surface area contributed by atoms with Crippen LogP contribution in [0.2, 0.25) is 5.02 Å². The number of rotatable bonds is 7. The van der Waals surface area contributed by atoms with Gasteiger partial charge in [0.1, 0.15) is 0 Å². The van der Waals surface area contributed by atoms with Crippen molar-refractivity contribution in [3.8, 4) is 11.1 Å². The Morgan fingerprint density at radius 3 is 2.76 bits per heavy atom. The number of ketones is 1. The van der Waals surface area contributed by atoms with Crippen molar-refractivity contribution in [2.75, 3.05) is 25.4 Å². The monoisotopic (exact) mass is 438 g/mol. The second kappa shape index (κ2) is 9.34. The van der Waals surface area contributed by atoms with Gasteiger partial charge in [-0.05, 0) is 62.0 Å². The summed E-state index contributed by atoms with van der Waals surface area (Å²) in [5.74, 6) is -1.56. The van der Waals surface area contributed by atoms with Crippen LogP contribution >= 0.6 is 11.6 Å². The molecule has 2 aromatic carbocycles. The second-order valence-electron chi connectivity index (χ2n) is 7.43. The van der Waals surface area contributed by atoms with Gasteiger partial charge in [-0.1, -0.05) is 41.4 Å². The first-order chi connectivity index (χ1) is 13.7. The molecule has 2 aromatic rings. The first-order valence-corrected chi connectivity index (χ1v) is 11.6. The molecule has 3 rings (SSSR count). The van der Waals surface area contributed by atoms with Gasteiger partial charge < -0.3 is 5.32 Å². The number of nitrogens with one attached hydrogen (secondary N) is 2. The van der Waals surface area contributed by atoms with Crippen LogP contribution in [0, 0.1) is 18.7 Å². The lowest BCUT2D eigenvalue weighted by Crippen LogP contribution is -2.39. The van der Waals surface area contributed by atoms with Gasteiger partial charge in [0.15, 0.2) is 11.6 Å². The first-order valence-electron chi connectivity index (χ1n) is 9.52. The van der Waals surface area contributed by atoms with E-state index in [1.54, 1.807) is 0 Å². The Balaban J connectivity index is 1.74. The van der Waals surface area contributed by atoms with Crippen LogP contribution in [0.1, 0.15) is 28.8 Å². The Kier molecular flexibility index (Phi) is 7.05. The fourth-order valence-corrected chi connectivity index (χ4v) is 5.08. The molecule has 1 aliphatic heterocycles. The van der Waals surface area contributed by atoms with E-state index < -0.39 is 28.2 Å². The van der Waals surface area contributed by atoms with Crippen molar-refractivity contribution < 1.29 is 17.6 Å². The van der Waals surface area contributed by atoms with E-state index in [4.69, 9.17) is 11.6 Å². The molecule has 1 aliphatic rings. The Bertz CT molecular complexity index is 1000. The minimum absolute atomic E-state index is 0.00665. The molecular formula is C21H24ClFN2O3S. The number of carbonyl (C=O) groups is 1. The van der Waals surface area contributed by atoms with E-state index in [2.05, 4.69) is 10.0 Å². The molecule has 0 spiro atoms. The third kappa shape index (κ3) is 5.85. The molecule has 29 heavy (non-hydrogen) atoms. The number of sulfonamides is 1. The average Bonchev–Trinajstić information content (AvgIpc) is 2.68. The highest BCUT2D eigenvalue weighted by Gasteiger charge is 2.23. The van der Waals surface area contributed by atoms with E-state index in [0.717, 1.165) is 30.5 Å². The maximum Gasteiger partial charge on any atom is 0.212 e. The third-order valence-corrected chi connectivity index (χ3v) is 6.76. The van der Waals surface area contributed by atoms with Crippen LogP contribution in [0.25, 0.3) is 11.1 Å². The molecule has 5 nitrogen and oxygen atoms in total. The zero-order valence-corrected chi connectivity index (χ0v) is 17.7. The zero-order valence-electron chi connectivity index (χ0n) is 16.2. The van der Waals surface area contributed by atoms with Gasteiger partial charge in [0.05, 0.1) is 22.9 Å². The lowest BCUT2D eigenvalue weighted by molar-refractivity contribution is 0.0993. The van der Waals surface area contributed by atoms with E-state index in [1.165, 1.54) is 12.1 Å². The minimum Gasteiger partial charge on any atom is -0.316 e. The Labute approximate surface area is 175 Å². The summed E-state index contributed by atoms with van der Waals surface area (Å²) in [5, 5.41) is 2.99. The lowest BCUT2D eigenvalue weighted by Gasteiger charge is -2.22. The molecule has 2 N–H and O–H groups in total. The Morgan fingerprint density at radius 1 is 1.28 bits per heavy atom. The summed E-state index contributed by atoms with van der Waals surface area (Å²) in [6.07, 6.45) is 1.75. The first kappa shape index (κ1) is 21.9. The van der Waals surface area contributed by atoms with E-state index >= 15 is 0 Å². The quantitative estimate of drug-likeness (QED) is 0.648. The van der Waals surface area contributed by atoms with Crippen molar-refractivity contribution in [3.63, 3.8) is 0 Å². The molecular weight excluding hydrogens is 415 g/mol. The number of hydrogen-bond donors (Lipinski definition) is 2. The molecule has 1 unspecified atom stereocenters. The number of hydrogen-bond acceptors (Lipinski definition) is 4. The molecule has 156 valence electrons. The average molecular weight is 439 g/mol. The maximum atomic E-state index is 14.5. The second-order valence-corrected chi connectivity index (χ2v) is 9.69. The van der Waals surface area contributed by atoms with Crippen molar-refractivity contribution >= 4 is 27.4 Å². The highest BCUT2D eigenvalue weighted by molar-refractivity contribution is 7.89. The summed E-state index contributed by atoms with van der Waals surface area (Å²) in [4.78, 5) is 12.6. The van der Waals surface area contributed by atoms with Gasteiger partial charge >= 0.3 is 0 Å². The van der Waals surface area contributed by atoms with E-state index in [1.807, 2.05) is 31.2 Å². The molecule has 1 fully saturated rings. The van der Waals surface area contributed by atoms with Crippen molar-refractivity contribution in [2.45, 2.75) is 19.8 Å². The van der Waals surface area contributed by atoms with Crippen LogP contribution < -0.4 is 10.0 Å². The Morgan fingerprint density at radius 2 is 2.07 bits per heavy atom. The molecule has 0 aliphatic carbocycles. The normalized spacial score (nSPS) is 17.3. The van der Waals surface area contributed by atoms with Gasteiger partial charge in [0.2, 0.25) is 10.0 Å². The van der Waals surface area contributed by atoms with Gasteiger partial charge in [-0.15, -0.1) is 0 Å². The number of benzene rings is 2. The van der Waals surface area contributed by atoms with E-state index in [0.29, 0.717) is 12.1 Å². The molecule has 1 heterocycles. The largest absolute Gasteiger partial charge is 0.316 e. The van der Waals surface area contributed by atoms with Crippen LogP contribution in [0.5, 0.6) is 0 Å². The summed E-state index contributed by atoms with van der Waals surface area (Å²) in [6.45, 7) is 2.95. The van der Waals surface area contributed by atoms with Crippen molar-refractivity contribution in [1.29, 1.82) is 0 Å². The molecule has 0 radical (unpaired) electrons. The van der Waals surface area contributed by atoms with Crippen LogP contribution in [-0.4, -0.2) is 39.6 Å². The zero-order chi connectivity index (χ0) is 21.0. The van der Waals surface area contributed by atoms with Crippen molar-refractivity contribution in [3.05, 3.63) is 58.4 Å². The van der Waals surface area contributed by atoms with Gasteiger partial charge in [-0.25, -0.2) is 17.5 Å². The van der Waals surface area contributed by atoms with Gasteiger partial charge in [0.25, 0.3) is 0 Å². The fraction of sp³-hybridized carbons (Fsp3) is 0.381. The SMILES string of the molecule is Cc1cccc(-c2cc(Cl)c(F)c(C(=O)CNS(=O)(=O)CC3CCCNC3)c2)c1. The Hall–Kier alpha value is -1.80. The highest BCUT2D eigenvalue weighted by atomic mass is 35.5. The predicted molar refractivity (Wildman–Crippen MR) is 113 cm³/mol. The van der Waals surface area contributed by atoms with E-state index in [9.17, 15) is 17.6 Å². The van der Waals surface area contributed by atoms with Gasteiger partial charge in [-0.2, -0.15) is 0 Å². The van der Waals surface area contributed by atoms with Crippen molar-refractivity contribution in [1.82, 2.24) is 10.0 Å². The summed E-state index contributed by atoms with van der Waals surface area (Å²) in [5.41, 5.74) is 2.18. The number of carbonyl (C=O) groups excluding carboxylic acids is 1. The molecule has 0 saturated carbocycles. The molecule has 1 saturated heterocycles. The summed E-state index contributed by atoms with van der Waals surface area (Å²) < 4.78 is 41.4. The van der Waals surface area contributed by atoms with Crippen molar-refractivity contribution in [2.24, 2.45) is 5.92 Å².